The molecule has 20 heavy (non-hydrogen) atoms. The lowest BCUT2D eigenvalue weighted by Crippen LogP contribution is -2.05. The standard InChI is InChI=1S/C18H21NO/c1-2-15-11-12-17(19-14-15)13-18(20)10-6-9-16-7-4-3-5-8-16/h3-5,7-8,11-12,14H,2,6,9-10,13H2,1H3. The first-order chi connectivity index (χ1) is 9.78. The highest BCUT2D eigenvalue weighted by molar-refractivity contribution is 5.80. The van der Waals surface area contributed by atoms with Gasteiger partial charge in [-0.2, -0.15) is 0 Å². The van der Waals surface area contributed by atoms with Gasteiger partial charge >= 0.3 is 0 Å². The Morgan fingerprint density at radius 2 is 1.85 bits per heavy atom. The fourth-order valence-electron chi connectivity index (χ4n) is 2.19. The minimum Gasteiger partial charge on any atom is -0.299 e. The topological polar surface area (TPSA) is 30.0 Å². The SMILES string of the molecule is CCc1ccc(CC(=O)CCCc2ccccc2)nc1. The van der Waals surface area contributed by atoms with Crippen LogP contribution in [0.4, 0.5) is 0 Å². The molecule has 2 heteroatoms. The zero-order chi connectivity index (χ0) is 14.2. The number of hydrogen-bond acceptors (Lipinski definition) is 2. The minimum absolute atomic E-state index is 0.276. The van der Waals surface area contributed by atoms with E-state index in [1.54, 1.807) is 0 Å². The number of rotatable bonds is 7. The number of hydrogen-bond donors (Lipinski definition) is 0. The molecule has 0 atom stereocenters. The Hall–Kier alpha value is -1.96. The van der Waals surface area contributed by atoms with Crippen molar-refractivity contribution in [2.75, 3.05) is 0 Å². The van der Waals surface area contributed by atoms with E-state index in [0.29, 0.717) is 12.8 Å². The predicted octanol–water partition coefficient (Wildman–Crippen LogP) is 3.78. The van der Waals surface area contributed by atoms with Crippen molar-refractivity contribution in [3.05, 3.63) is 65.5 Å². The maximum Gasteiger partial charge on any atom is 0.138 e. The quantitative estimate of drug-likeness (QED) is 0.764. The molecule has 0 radical (unpaired) electrons. The van der Waals surface area contributed by atoms with Crippen molar-refractivity contribution >= 4 is 5.78 Å². The third kappa shape index (κ3) is 4.61. The summed E-state index contributed by atoms with van der Waals surface area (Å²) in [7, 11) is 0. The smallest absolute Gasteiger partial charge is 0.138 e. The average molecular weight is 267 g/mol. The molecular formula is C18H21NO. The monoisotopic (exact) mass is 267 g/mol. The molecule has 0 bridgehead atoms. The Morgan fingerprint density at radius 3 is 2.50 bits per heavy atom. The van der Waals surface area contributed by atoms with E-state index in [1.807, 2.05) is 30.5 Å². The van der Waals surface area contributed by atoms with E-state index in [2.05, 4.69) is 30.1 Å². The molecule has 0 aliphatic heterocycles. The fraction of sp³-hybridized carbons (Fsp3) is 0.333. The van der Waals surface area contributed by atoms with Gasteiger partial charge in [-0.15, -0.1) is 0 Å². The van der Waals surface area contributed by atoms with E-state index in [9.17, 15) is 4.79 Å². The number of Topliss-reactive ketones (excluding diaryl/α,β-unsaturated/α-hetero) is 1. The zero-order valence-electron chi connectivity index (χ0n) is 12.0. The van der Waals surface area contributed by atoms with Crippen LogP contribution in [0, 0.1) is 0 Å². The lowest BCUT2D eigenvalue weighted by Gasteiger charge is -2.03. The number of carbonyl (C=O) groups excluding carboxylic acids is 1. The molecule has 2 rings (SSSR count). The number of nitrogens with zero attached hydrogens (tertiary/aromatic N) is 1. The lowest BCUT2D eigenvalue weighted by molar-refractivity contribution is -0.118. The van der Waals surface area contributed by atoms with Crippen LogP contribution in [0.5, 0.6) is 0 Å². The molecule has 0 amide bonds. The minimum atomic E-state index is 0.276. The van der Waals surface area contributed by atoms with Gasteiger partial charge in [0.2, 0.25) is 0 Å². The van der Waals surface area contributed by atoms with E-state index in [0.717, 1.165) is 25.0 Å². The van der Waals surface area contributed by atoms with Crippen LogP contribution in [0.1, 0.15) is 36.6 Å². The van der Waals surface area contributed by atoms with Crippen molar-refractivity contribution in [2.45, 2.75) is 39.0 Å². The third-order valence-corrected chi connectivity index (χ3v) is 3.44. The molecule has 2 nitrogen and oxygen atoms in total. The first-order valence-electron chi connectivity index (χ1n) is 7.27. The summed E-state index contributed by atoms with van der Waals surface area (Å²) in [6.07, 6.45) is 5.82. The van der Waals surface area contributed by atoms with Gasteiger partial charge in [0.05, 0.1) is 0 Å². The fourth-order valence-corrected chi connectivity index (χ4v) is 2.19. The number of benzene rings is 1. The van der Waals surface area contributed by atoms with E-state index >= 15 is 0 Å². The van der Waals surface area contributed by atoms with E-state index in [4.69, 9.17) is 0 Å². The Bertz CT molecular complexity index is 531. The average Bonchev–Trinajstić information content (AvgIpc) is 2.49. The van der Waals surface area contributed by atoms with Crippen molar-refractivity contribution in [2.24, 2.45) is 0 Å². The summed E-state index contributed by atoms with van der Waals surface area (Å²) in [6, 6.07) is 14.3. The van der Waals surface area contributed by atoms with Gasteiger partial charge in [-0.3, -0.25) is 9.78 Å². The van der Waals surface area contributed by atoms with Crippen LogP contribution < -0.4 is 0 Å². The van der Waals surface area contributed by atoms with Crippen molar-refractivity contribution in [1.82, 2.24) is 4.98 Å². The van der Waals surface area contributed by atoms with E-state index in [-0.39, 0.29) is 5.78 Å². The largest absolute Gasteiger partial charge is 0.299 e. The highest BCUT2D eigenvalue weighted by atomic mass is 16.1. The molecule has 0 saturated carbocycles. The molecular weight excluding hydrogens is 246 g/mol. The second kappa shape index (κ2) is 7.59. The summed E-state index contributed by atoms with van der Waals surface area (Å²) >= 11 is 0. The highest BCUT2D eigenvalue weighted by Gasteiger charge is 2.05. The van der Waals surface area contributed by atoms with Gasteiger partial charge in [-0.05, 0) is 36.5 Å². The van der Waals surface area contributed by atoms with Crippen LogP contribution >= 0.6 is 0 Å². The van der Waals surface area contributed by atoms with Gasteiger partial charge in [-0.1, -0.05) is 43.3 Å². The first kappa shape index (κ1) is 14.4. The summed E-state index contributed by atoms with van der Waals surface area (Å²) in [5.41, 5.74) is 3.39. The maximum absolute atomic E-state index is 11.9. The molecule has 0 saturated heterocycles. The molecule has 0 aliphatic rings. The number of aryl methyl sites for hydroxylation is 2. The van der Waals surface area contributed by atoms with Crippen LogP contribution in [-0.2, 0) is 24.1 Å². The molecule has 0 aliphatic carbocycles. The number of carbonyl (C=O) groups is 1. The number of pyridine rings is 1. The Balaban J connectivity index is 1.74. The lowest BCUT2D eigenvalue weighted by atomic mass is 10.0. The molecule has 1 aromatic heterocycles. The molecule has 0 fully saturated rings. The van der Waals surface area contributed by atoms with Gasteiger partial charge in [0.25, 0.3) is 0 Å². The summed E-state index contributed by atoms with van der Waals surface area (Å²) in [5, 5.41) is 0. The van der Waals surface area contributed by atoms with Gasteiger partial charge in [0.1, 0.15) is 5.78 Å². The van der Waals surface area contributed by atoms with Crippen molar-refractivity contribution in [3.8, 4) is 0 Å². The van der Waals surface area contributed by atoms with Crippen molar-refractivity contribution in [1.29, 1.82) is 0 Å². The van der Waals surface area contributed by atoms with Crippen LogP contribution in [0.3, 0.4) is 0 Å². The molecule has 0 spiro atoms. The summed E-state index contributed by atoms with van der Waals surface area (Å²) in [4.78, 5) is 16.3. The Morgan fingerprint density at radius 1 is 1.05 bits per heavy atom. The molecule has 2 aromatic rings. The first-order valence-corrected chi connectivity index (χ1v) is 7.27. The summed E-state index contributed by atoms with van der Waals surface area (Å²) < 4.78 is 0. The maximum atomic E-state index is 11.9. The normalized spacial score (nSPS) is 10.4. The zero-order valence-corrected chi connectivity index (χ0v) is 12.0. The van der Waals surface area contributed by atoms with Crippen LogP contribution in [-0.4, -0.2) is 10.8 Å². The molecule has 0 N–H and O–H groups in total. The molecule has 1 heterocycles. The van der Waals surface area contributed by atoms with Crippen molar-refractivity contribution < 1.29 is 4.79 Å². The summed E-state index contributed by atoms with van der Waals surface area (Å²) in [6.45, 7) is 2.10. The second-order valence-corrected chi connectivity index (χ2v) is 5.07. The number of ketones is 1. The predicted molar refractivity (Wildman–Crippen MR) is 81.7 cm³/mol. The summed E-state index contributed by atoms with van der Waals surface area (Å²) in [5.74, 6) is 0.276. The van der Waals surface area contributed by atoms with Gasteiger partial charge < -0.3 is 0 Å². The third-order valence-electron chi connectivity index (χ3n) is 3.44. The molecule has 0 unspecified atom stereocenters. The second-order valence-electron chi connectivity index (χ2n) is 5.07. The van der Waals surface area contributed by atoms with E-state index in [1.165, 1.54) is 11.1 Å². The van der Waals surface area contributed by atoms with Gasteiger partial charge in [0.15, 0.2) is 0 Å². The van der Waals surface area contributed by atoms with Crippen LogP contribution in [0.25, 0.3) is 0 Å². The van der Waals surface area contributed by atoms with Crippen molar-refractivity contribution in [3.63, 3.8) is 0 Å². The number of aromatic nitrogens is 1. The molecule has 1 aromatic carbocycles. The van der Waals surface area contributed by atoms with E-state index < -0.39 is 0 Å². The molecule has 104 valence electrons. The van der Waals surface area contributed by atoms with Gasteiger partial charge in [-0.25, -0.2) is 0 Å². The highest BCUT2D eigenvalue weighted by Crippen LogP contribution is 2.07. The van der Waals surface area contributed by atoms with Gasteiger partial charge in [0, 0.05) is 24.7 Å². The Labute approximate surface area is 120 Å². The van der Waals surface area contributed by atoms with Crippen LogP contribution in [0.2, 0.25) is 0 Å². The Kier molecular flexibility index (Phi) is 5.48. The van der Waals surface area contributed by atoms with Crippen LogP contribution in [0.15, 0.2) is 48.7 Å².